The second-order valence-corrected chi connectivity index (χ2v) is 8.01. The fourth-order valence-electron chi connectivity index (χ4n) is 3.06. The predicted molar refractivity (Wildman–Crippen MR) is 104 cm³/mol. The molecular formula is C21H18N2O3S. The summed E-state index contributed by atoms with van der Waals surface area (Å²) < 4.78 is 33.9. The summed E-state index contributed by atoms with van der Waals surface area (Å²) in [6, 6.07) is 25.8. The Bertz CT molecular complexity index is 1100. The molecule has 0 aliphatic heterocycles. The molecule has 4 rings (SSSR count). The van der Waals surface area contributed by atoms with E-state index in [1.54, 1.807) is 6.07 Å². The molecule has 0 atom stereocenters. The van der Waals surface area contributed by atoms with Gasteiger partial charge in [-0.3, -0.25) is 0 Å². The molecule has 0 radical (unpaired) electrons. The van der Waals surface area contributed by atoms with Gasteiger partial charge in [-0.1, -0.05) is 78.0 Å². The Morgan fingerprint density at radius 3 is 2.00 bits per heavy atom. The molecule has 0 spiro atoms. The van der Waals surface area contributed by atoms with Gasteiger partial charge in [0.1, 0.15) is 11.4 Å². The van der Waals surface area contributed by atoms with Gasteiger partial charge in [-0.05, 0) is 23.3 Å². The molecule has 0 amide bonds. The highest BCUT2D eigenvalue weighted by molar-refractivity contribution is 7.88. The molecule has 0 bridgehead atoms. The van der Waals surface area contributed by atoms with Gasteiger partial charge in [0.05, 0.1) is 6.04 Å². The first-order chi connectivity index (χ1) is 13.1. The number of hydrogen-bond acceptors (Lipinski definition) is 4. The van der Waals surface area contributed by atoms with Crippen molar-refractivity contribution in [3.05, 3.63) is 102 Å². The number of benzene rings is 3. The van der Waals surface area contributed by atoms with Crippen molar-refractivity contribution < 1.29 is 12.9 Å². The first-order valence-corrected chi connectivity index (χ1v) is 10.2. The lowest BCUT2D eigenvalue weighted by molar-refractivity contribution is 0.448. The zero-order chi connectivity index (χ0) is 18.7. The SMILES string of the molecule is O=S(=O)(Cc1noc2ccccc12)NC(c1ccccc1)c1ccccc1. The molecule has 0 saturated carbocycles. The van der Waals surface area contributed by atoms with E-state index in [1.165, 1.54) is 0 Å². The van der Waals surface area contributed by atoms with E-state index in [4.69, 9.17) is 4.52 Å². The Morgan fingerprint density at radius 1 is 0.815 bits per heavy atom. The molecule has 3 aromatic carbocycles. The highest BCUT2D eigenvalue weighted by atomic mass is 32.2. The van der Waals surface area contributed by atoms with Crippen LogP contribution in [0.15, 0.2) is 89.5 Å². The van der Waals surface area contributed by atoms with Gasteiger partial charge in [-0.25, -0.2) is 13.1 Å². The van der Waals surface area contributed by atoms with Crippen molar-refractivity contribution in [2.45, 2.75) is 11.8 Å². The van der Waals surface area contributed by atoms with Crippen LogP contribution < -0.4 is 4.72 Å². The minimum Gasteiger partial charge on any atom is -0.356 e. The van der Waals surface area contributed by atoms with E-state index in [0.717, 1.165) is 11.1 Å². The van der Waals surface area contributed by atoms with Crippen LogP contribution in [-0.2, 0) is 15.8 Å². The number of sulfonamides is 1. The predicted octanol–water partition coefficient (Wildman–Crippen LogP) is 4.04. The summed E-state index contributed by atoms with van der Waals surface area (Å²) in [6.45, 7) is 0. The Hall–Kier alpha value is -2.96. The molecular weight excluding hydrogens is 360 g/mol. The normalized spacial score (nSPS) is 11.9. The lowest BCUT2D eigenvalue weighted by Gasteiger charge is -2.19. The maximum absolute atomic E-state index is 12.9. The Balaban J connectivity index is 1.66. The maximum Gasteiger partial charge on any atom is 0.218 e. The van der Waals surface area contributed by atoms with E-state index < -0.39 is 16.1 Å². The van der Waals surface area contributed by atoms with Crippen LogP contribution >= 0.6 is 0 Å². The van der Waals surface area contributed by atoms with E-state index in [0.29, 0.717) is 16.7 Å². The molecule has 0 aliphatic carbocycles. The number of nitrogens with zero attached hydrogens (tertiary/aromatic N) is 1. The van der Waals surface area contributed by atoms with E-state index in [1.807, 2.05) is 78.9 Å². The molecule has 1 aromatic heterocycles. The number of para-hydroxylation sites is 1. The fraction of sp³-hybridized carbons (Fsp3) is 0.0952. The van der Waals surface area contributed by atoms with Gasteiger partial charge in [0, 0.05) is 5.39 Å². The van der Waals surface area contributed by atoms with Gasteiger partial charge in [-0.2, -0.15) is 0 Å². The van der Waals surface area contributed by atoms with Crippen LogP contribution in [0.25, 0.3) is 11.0 Å². The van der Waals surface area contributed by atoms with Gasteiger partial charge in [-0.15, -0.1) is 0 Å². The molecule has 0 fully saturated rings. The highest BCUT2D eigenvalue weighted by Crippen LogP contribution is 2.25. The molecule has 4 aromatic rings. The zero-order valence-electron chi connectivity index (χ0n) is 14.4. The summed E-state index contributed by atoms with van der Waals surface area (Å²) >= 11 is 0. The average molecular weight is 378 g/mol. The van der Waals surface area contributed by atoms with Crippen LogP contribution in [-0.4, -0.2) is 13.6 Å². The van der Waals surface area contributed by atoms with Crippen LogP contribution in [0.2, 0.25) is 0 Å². The Morgan fingerprint density at radius 2 is 1.37 bits per heavy atom. The summed E-state index contributed by atoms with van der Waals surface area (Å²) in [5, 5.41) is 4.65. The number of hydrogen-bond donors (Lipinski definition) is 1. The quantitative estimate of drug-likeness (QED) is 0.550. The van der Waals surface area contributed by atoms with Crippen LogP contribution in [0.1, 0.15) is 22.9 Å². The summed E-state index contributed by atoms with van der Waals surface area (Å²) in [5.74, 6) is -0.250. The summed E-state index contributed by atoms with van der Waals surface area (Å²) in [7, 11) is -3.66. The average Bonchev–Trinajstić information content (AvgIpc) is 3.10. The van der Waals surface area contributed by atoms with Gasteiger partial charge in [0.2, 0.25) is 10.0 Å². The maximum atomic E-state index is 12.9. The molecule has 27 heavy (non-hydrogen) atoms. The highest BCUT2D eigenvalue weighted by Gasteiger charge is 2.23. The molecule has 136 valence electrons. The van der Waals surface area contributed by atoms with Gasteiger partial charge < -0.3 is 4.52 Å². The van der Waals surface area contributed by atoms with E-state index in [9.17, 15) is 8.42 Å². The Kier molecular flexibility index (Phi) is 4.75. The van der Waals surface area contributed by atoms with Crippen LogP contribution in [0.4, 0.5) is 0 Å². The third-order valence-corrected chi connectivity index (χ3v) is 5.59. The molecule has 1 heterocycles. The number of rotatable bonds is 6. The third-order valence-electron chi connectivity index (χ3n) is 4.34. The first kappa shape index (κ1) is 17.5. The van der Waals surface area contributed by atoms with Crippen molar-refractivity contribution in [2.75, 3.05) is 0 Å². The fourth-order valence-corrected chi connectivity index (χ4v) is 4.35. The summed E-state index contributed by atoms with van der Waals surface area (Å²) in [6.07, 6.45) is 0. The summed E-state index contributed by atoms with van der Waals surface area (Å²) in [4.78, 5) is 0. The first-order valence-electron chi connectivity index (χ1n) is 8.55. The molecule has 6 heteroatoms. The molecule has 0 saturated heterocycles. The van der Waals surface area contributed by atoms with Crippen molar-refractivity contribution in [3.63, 3.8) is 0 Å². The van der Waals surface area contributed by atoms with Gasteiger partial charge in [0.25, 0.3) is 0 Å². The second-order valence-electron chi connectivity index (χ2n) is 6.26. The topological polar surface area (TPSA) is 72.2 Å². The van der Waals surface area contributed by atoms with E-state index in [2.05, 4.69) is 9.88 Å². The van der Waals surface area contributed by atoms with Crippen molar-refractivity contribution in [1.82, 2.24) is 9.88 Å². The monoisotopic (exact) mass is 378 g/mol. The minimum atomic E-state index is -3.66. The molecule has 1 N–H and O–H groups in total. The van der Waals surface area contributed by atoms with Crippen molar-refractivity contribution in [2.24, 2.45) is 0 Å². The van der Waals surface area contributed by atoms with Crippen LogP contribution in [0.5, 0.6) is 0 Å². The van der Waals surface area contributed by atoms with E-state index >= 15 is 0 Å². The lowest BCUT2D eigenvalue weighted by atomic mass is 10.00. The van der Waals surface area contributed by atoms with Crippen molar-refractivity contribution >= 4 is 21.0 Å². The van der Waals surface area contributed by atoms with Gasteiger partial charge in [0.15, 0.2) is 5.58 Å². The third kappa shape index (κ3) is 3.92. The van der Waals surface area contributed by atoms with E-state index in [-0.39, 0.29) is 5.75 Å². The molecule has 0 aliphatic rings. The molecule has 0 unspecified atom stereocenters. The minimum absolute atomic E-state index is 0.250. The Labute approximate surface area is 157 Å². The van der Waals surface area contributed by atoms with Crippen molar-refractivity contribution in [3.8, 4) is 0 Å². The smallest absolute Gasteiger partial charge is 0.218 e. The summed E-state index contributed by atoms with van der Waals surface area (Å²) in [5.41, 5.74) is 2.72. The van der Waals surface area contributed by atoms with Crippen LogP contribution in [0.3, 0.4) is 0 Å². The largest absolute Gasteiger partial charge is 0.356 e. The standard InChI is InChI=1S/C21H18N2O3S/c24-27(25,15-19-18-13-7-8-14-20(18)26-22-19)23-21(16-9-3-1-4-10-16)17-11-5-2-6-12-17/h1-14,21,23H,15H2. The number of nitrogens with one attached hydrogen (secondary N) is 1. The van der Waals surface area contributed by atoms with Gasteiger partial charge >= 0.3 is 0 Å². The number of aromatic nitrogens is 1. The van der Waals surface area contributed by atoms with Crippen LogP contribution in [0, 0.1) is 0 Å². The number of fused-ring (bicyclic) bond motifs is 1. The van der Waals surface area contributed by atoms with Crippen molar-refractivity contribution in [1.29, 1.82) is 0 Å². The molecule has 5 nitrogen and oxygen atoms in total. The lowest BCUT2D eigenvalue weighted by Crippen LogP contribution is -2.30. The zero-order valence-corrected chi connectivity index (χ0v) is 15.3. The second kappa shape index (κ2) is 7.34.